The van der Waals surface area contributed by atoms with Crippen LogP contribution in [0, 0.1) is 0 Å². The molecule has 5 heteroatoms. The lowest BCUT2D eigenvalue weighted by atomic mass is 9.33. The zero-order valence-corrected chi connectivity index (χ0v) is 31.8. The molecule has 0 fully saturated rings. The molecule has 0 aliphatic carbocycles. The number of rotatable bonds is 4. The maximum atomic E-state index is 6.30. The summed E-state index contributed by atoms with van der Waals surface area (Å²) in [6.45, 7) is -0.0389. The highest BCUT2D eigenvalue weighted by Gasteiger charge is 2.44. The van der Waals surface area contributed by atoms with Crippen LogP contribution >= 0.6 is 0 Å². The molecular weight excluding hydrogens is 719 g/mol. The Labute approximate surface area is 340 Å². The summed E-state index contributed by atoms with van der Waals surface area (Å²) in [6, 6.07) is 72.2. The van der Waals surface area contributed by atoms with E-state index in [9.17, 15) is 0 Å². The van der Waals surface area contributed by atoms with E-state index in [1.807, 2.05) is 24.3 Å². The highest BCUT2D eigenvalue weighted by Crippen LogP contribution is 2.49. The van der Waals surface area contributed by atoms with Crippen LogP contribution in [0.15, 0.2) is 209 Å². The Bertz CT molecular complexity index is 3250. The Morgan fingerprint density at radius 2 is 0.763 bits per heavy atom. The third kappa shape index (κ3) is 4.67. The SMILES string of the molecule is c1ccc(N2c3cccc4c3B(c3cccc(-c5ccc6oc7ccccc7c6c5)c32)c2cccc(-c3ccc5oc6ccccc6c5c3)c2N4c2ccccc2)cc1. The normalized spacial score (nSPS) is 13.0. The molecule has 4 heterocycles. The van der Waals surface area contributed by atoms with Crippen molar-refractivity contribution in [3.05, 3.63) is 200 Å². The van der Waals surface area contributed by atoms with Crippen molar-refractivity contribution in [2.24, 2.45) is 0 Å². The maximum absolute atomic E-state index is 6.30. The summed E-state index contributed by atoms with van der Waals surface area (Å²) in [7, 11) is 0. The standard InChI is InChI=1S/C54H33BN2O2/c1-3-14-36(15-4-1)56-46-24-13-25-47-52(46)55(44-22-11-20-38(53(44)56)34-28-30-50-42(32-34)40-18-7-9-26-48(40)58-50)45-23-12-21-39(54(45)57(47)37-16-5-2-6-17-37)35-29-31-51-43(33-35)41-19-8-10-27-49(41)59-51/h1-33H. The average Bonchev–Trinajstić information content (AvgIpc) is 3.87. The van der Waals surface area contributed by atoms with E-state index in [0.717, 1.165) is 66.4 Å². The topological polar surface area (TPSA) is 32.8 Å². The molecule has 2 aliphatic heterocycles. The molecular formula is C54H33BN2O2. The van der Waals surface area contributed by atoms with Crippen LogP contribution in [-0.2, 0) is 0 Å². The summed E-state index contributed by atoms with van der Waals surface area (Å²) >= 11 is 0. The first-order valence-electron chi connectivity index (χ1n) is 20.2. The zero-order valence-electron chi connectivity index (χ0n) is 31.8. The number of nitrogens with zero attached hydrogens (tertiary/aromatic N) is 2. The van der Waals surface area contributed by atoms with Crippen molar-refractivity contribution in [1.29, 1.82) is 0 Å². The van der Waals surface area contributed by atoms with E-state index in [2.05, 4.69) is 186 Å². The second-order valence-electron chi connectivity index (χ2n) is 15.6. The number of anilines is 6. The van der Waals surface area contributed by atoms with Gasteiger partial charge in [0.25, 0.3) is 6.71 Å². The van der Waals surface area contributed by atoms with Crippen molar-refractivity contribution >= 4 is 101 Å². The van der Waals surface area contributed by atoms with E-state index in [-0.39, 0.29) is 6.71 Å². The highest BCUT2D eigenvalue weighted by molar-refractivity contribution is 7.00. The smallest absolute Gasteiger partial charge is 0.252 e. The number of benzene rings is 9. The zero-order chi connectivity index (χ0) is 38.6. The predicted molar refractivity (Wildman–Crippen MR) is 246 cm³/mol. The van der Waals surface area contributed by atoms with E-state index in [1.54, 1.807) is 0 Å². The molecule has 4 nitrogen and oxygen atoms in total. The fraction of sp³-hybridized carbons (Fsp3) is 0. The van der Waals surface area contributed by atoms with Crippen molar-refractivity contribution in [3.8, 4) is 22.3 Å². The summed E-state index contributed by atoms with van der Waals surface area (Å²) in [6.07, 6.45) is 0. The summed E-state index contributed by atoms with van der Waals surface area (Å²) in [5, 5.41) is 4.49. The van der Waals surface area contributed by atoms with Gasteiger partial charge in [0.15, 0.2) is 0 Å². The third-order valence-corrected chi connectivity index (χ3v) is 12.4. The second kappa shape index (κ2) is 12.4. The number of hydrogen-bond acceptors (Lipinski definition) is 4. The van der Waals surface area contributed by atoms with Gasteiger partial charge >= 0.3 is 0 Å². The van der Waals surface area contributed by atoms with Gasteiger partial charge in [-0.1, -0.05) is 127 Å². The minimum atomic E-state index is -0.0389. The van der Waals surface area contributed by atoms with Crippen LogP contribution in [0.25, 0.3) is 66.1 Å². The van der Waals surface area contributed by atoms with Gasteiger partial charge in [0.2, 0.25) is 0 Å². The van der Waals surface area contributed by atoms with Gasteiger partial charge < -0.3 is 18.6 Å². The lowest BCUT2D eigenvalue weighted by Gasteiger charge is -2.45. The Kier molecular flexibility index (Phi) is 6.78. The molecule has 274 valence electrons. The van der Waals surface area contributed by atoms with Crippen LogP contribution < -0.4 is 26.2 Å². The Hall–Kier alpha value is -7.76. The number of hydrogen-bond donors (Lipinski definition) is 0. The molecule has 11 aromatic rings. The van der Waals surface area contributed by atoms with E-state index in [1.165, 1.54) is 50.3 Å². The van der Waals surface area contributed by atoms with E-state index in [4.69, 9.17) is 8.83 Å². The third-order valence-electron chi connectivity index (χ3n) is 12.4. The molecule has 0 N–H and O–H groups in total. The van der Waals surface area contributed by atoms with Crippen LogP contribution in [0.3, 0.4) is 0 Å². The first-order valence-corrected chi connectivity index (χ1v) is 20.2. The molecule has 59 heavy (non-hydrogen) atoms. The van der Waals surface area contributed by atoms with Gasteiger partial charge in [-0.25, -0.2) is 0 Å². The minimum absolute atomic E-state index is 0.0389. The second-order valence-corrected chi connectivity index (χ2v) is 15.6. The summed E-state index contributed by atoms with van der Waals surface area (Å²) in [4.78, 5) is 4.99. The Morgan fingerprint density at radius 1 is 0.339 bits per heavy atom. The van der Waals surface area contributed by atoms with Crippen molar-refractivity contribution in [2.75, 3.05) is 9.80 Å². The van der Waals surface area contributed by atoms with Crippen LogP contribution in [0.5, 0.6) is 0 Å². The quantitative estimate of drug-likeness (QED) is 0.168. The first-order chi connectivity index (χ1) is 29.3. The molecule has 9 aromatic carbocycles. The molecule has 13 rings (SSSR count). The summed E-state index contributed by atoms with van der Waals surface area (Å²) in [5.74, 6) is 0. The van der Waals surface area contributed by atoms with Crippen molar-refractivity contribution < 1.29 is 8.83 Å². The Morgan fingerprint density at radius 3 is 1.25 bits per heavy atom. The van der Waals surface area contributed by atoms with Crippen molar-refractivity contribution in [2.45, 2.75) is 0 Å². The van der Waals surface area contributed by atoms with Gasteiger partial charge in [0.1, 0.15) is 22.3 Å². The van der Waals surface area contributed by atoms with Gasteiger partial charge in [-0.3, -0.25) is 0 Å². The molecule has 0 saturated carbocycles. The van der Waals surface area contributed by atoms with Crippen molar-refractivity contribution in [1.82, 2.24) is 0 Å². The fourth-order valence-corrected chi connectivity index (χ4v) is 9.98. The monoisotopic (exact) mass is 752 g/mol. The maximum Gasteiger partial charge on any atom is 0.252 e. The number of fused-ring (bicyclic) bond motifs is 10. The van der Waals surface area contributed by atoms with E-state index < -0.39 is 0 Å². The fourth-order valence-electron chi connectivity index (χ4n) is 9.98. The number of para-hydroxylation sites is 6. The van der Waals surface area contributed by atoms with Gasteiger partial charge in [-0.2, -0.15) is 0 Å². The molecule has 0 unspecified atom stereocenters. The van der Waals surface area contributed by atoms with Gasteiger partial charge in [0, 0.05) is 66.8 Å². The molecule has 0 saturated heterocycles. The van der Waals surface area contributed by atoms with E-state index in [0.29, 0.717) is 0 Å². The van der Waals surface area contributed by atoms with Crippen LogP contribution in [0.1, 0.15) is 0 Å². The largest absolute Gasteiger partial charge is 0.456 e. The molecule has 0 spiro atoms. The van der Waals surface area contributed by atoms with Crippen LogP contribution in [0.4, 0.5) is 34.1 Å². The minimum Gasteiger partial charge on any atom is -0.456 e. The lowest BCUT2D eigenvalue weighted by molar-refractivity contribution is 0.668. The number of furan rings is 2. The first kappa shape index (κ1) is 32.3. The summed E-state index contributed by atoms with van der Waals surface area (Å²) in [5.41, 5.74) is 19.1. The average molecular weight is 753 g/mol. The molecule has 2 aliphatic rings. The predicted octanol–water partition coefficient (Wildman–Crippen LogP) is 12.9. The van der Waals surface area contributed by atoms with Gasteiger partial charge in [-0.05, 0) is 100 Å². The molecule has 0 amide bonds. The summed E-state index contributed by atoms with van der Waals surface area (Å²) < 4.78 is 12.6. The lowest BCUT2D eigenvalue weighted by Crippen LogP contribution is -2.61. The highest BCUT2D eigenvalue weighted by atomic mass is 16.3. The molecule has 2 aromatic heterocycles. The molecule has 0 bridgehead atoms. The van der Waals surface area contributed by atoms with Crippen LogP contribution in [-0.4, -0.2) is 6.71 Å². The van der Waals surface area contributed by atoms with E-state index >= 15 is 0 Å². The van der Waals surface area contributed by atoms with Gasteiger partial charge in [0.05, 0.1) is 0 Å². The molecule has 0 atom stereocenters. The van der Waals surface area contributed by atoms with Gasteiger partial charge in [-0.15, -0.1) is 0 Å². The van der Waals surface area contributed by atoms with Crippen molar-refractivity contribution in [3.63, 3.8) is 0 Å². The van der Waals surface area contributed by atoms with Crippen LogP contribution in [0.2, 0.25) is 0 Å². The molecule has 0 radical (unpaired) electrons. The Balaban J connectivity index is 1.11.